The number of hydrogen-bond donors (Lipinski definition) is 1. The van der Waals surface area contributed by atoms with Crippen molar-refractivity contribution in [2.75, 3.05) is 26.2 Å². The zero-order valence-corrected chi connectivity index (χ0v) is 19.4. The summed E-state index contributed by atoms with van der Waals surface area (Å²) in [6, 6.07) is 20.7. The van der Waals surface area contributed by atoms with Crippen LogP contribution in [0.15, 0.2) is 60.7 Å². The summed E-state index contributed by atoms with van der Waals surface area (Å²) in [4.78, 5) is 30.3. The van der Waals surface area contributed by atoms with Gasteiger partial charge in [0.25, 0.3) is 0 Å². The van der Waals surface area contributed by atoms with Crippen LogP contribution < -0.4 is 5.32 Å². The van der Waals surface area contributed by atoms with Crippen LogP contribution in [0, 0.1) is 11.3 Å². The van der Waals surface area contributed by atoms with Gasteiger partial charge in [-0.05, 0) is 62.7 Å². The molecule has 1 N–H and O–H groups in total. The molecule has 5 rings (SSSR count). The van der Waals surface area contributed by atoms with E-state index < -0.39 is 0 Å². The first-order valence-corrected chi connectivity index (χ1v) is 12.5. The monoisotopic (exact) mass is 445 g/mol. The standard InChI is InChI=1S/C28H35N3O2/c32-26(24-11-12-24)29-25(23-9-5-2-6-10-23)13-17-30-18-14-28(15-19-30)16-20-31(27(28)33)21-22-7-3-1-4-8-22/h1-10,24-25H,11-21H2,(H,29,32). The molecule has 5 heteroatoms. The van der Waals surface area contributed by atoms with Crippen molar-refractivity contribution < 1.29 is 9.59 Å². The van der Waals surface area contributed by atoms with Gasteiger partial charge in [0.1, 0.15) is 0 Å². The van der Waals surface area contributed by atoms with Crippen LogP contribution in [0.5, 0.6) is 0 Å². The maximum Gasteiger partial charge on any atom is 0.229 e. The highest BCUT2D eigenvalue weighted by molar-refractivity contribution is 5.85. The second-order valence-corrected chi connectivity index (χ2v) is 10.1. The fraction of sp³-hybridized carbons (Fsp3) is 0.500. The molecule has 1 saturated carbocycles. The van der Waals surface area contributed by atoms with E-state index in [0.29, 0.717) is 5.91 Å². The number of hydrogen-bond acceptors (Lipinski definition) is 3. The molecule has 2 heterocycles. The number of nitrogens with one attached hydrogen (secondary N) is 1. The van der Waals surface area contributed by atoms with Gasteiger partial charge in [0.2, 0.25) is 11.8 Å². The van der Waals surface area contributed by atoms with Crippen molar-refractivity contribution in [2.24, 2.45) is 11.3 Å². The average Bonchev–Trinajstić information content (AvgIpc) is 3.67. The third-order valence-corrected chi connectivity index (χ3v) is 7.83. The third kappa shape index (κ3) is 5.14. The molecule has 5 nitrogen and oxygen atoms in total. The Bertz CT molecular complexity index is 950. The number of piperidine rings is 1. The van der Waals surface area contributed by atoms with E-state index in [1.165, 1.54) is 11.1 Å². The molecule has 174 valence electrons. The minimum absolute atomic E-state index is 0.0599. The van der Waals surface area contributed by atoms with Gasteiger partial charge in [0.15, 0.2) is 0 Å². The average molecular weight is 446 g/mol. The van der Waals surface area contributed by atoms with E-state index in [1.807, 2.05) is 36.4 Å². The summed E-state index contributed by atoms with van der Waals surface area (Å²) in [6.07, 6.45) is 5.83. The van der Waals surface area contributed by atoms with Gasteiger partial charge in [-0.25, -0.2) is 0 Å². The van der Waals surface area contributed by atoms with Gasteiger partial charge in [-0.3, -0.25) is 9.59 Å². The van der Waals surface area contributed by atoms with E-state index in [2.05, 4.69) is 39.4 Å². The van der Waals surface area contributed by atoms with Crippen LogP contribution >= 0.6 is 0 Å². The summed E-state index contributed by atoms with van der Waals surface area (Å²) in [7, 11) is 0. The molecule has 1 spiro atoms. The fourth-order valence-corrected chi connectivity index (χ4v) is 5.47. The smallest absolute Gasteiger partial charge is 0.229 e. The highest BCUT2D eigenvalue weighted by atomic mass is 16.2. The van der Waals surface area contributed by atoms with Gasteiger partial charge in [-0.1, -0.05) is 60.7 Å². The summed E-state index contributed by atoms with van der Waals surface area (Å²) in [5, 5.41) is 3.29. The molecule has 2 aromatic rings. The number of amides is 2. The van der Waals surface area contributed by atoms with Crippen molar-refractivity contribution in [1.29, 1.82) is 0 Å². The van der Waals surface area contributed by atoms with Gasteiger partial charge in [-0.2, -0.15) is 0 Å². The van der Waals surface area contributed by atoms with Crippen molar-refractivity contribution in [3.63, 3.8) is 0 Å². The largest absolute Gasteiger partial charge is 0.349 e. The van der Waals surface area contributed by atoms with Crippen molar-refractivity contribution in [2.45, 2.75) is 51.1 Å². The molecule has 0 radical (unpaired) electrons. The van der Waals surface area contributed by atoms with Gasteiger partial charge in [-0.15, -0.1) is 0 Å². The molecule has 3 aliphatic rings. The maximum absolute atomic E-state index is 13.3. The second-order valence-electron chi connectivity index (χ2n) is 10.1. The zero-order chi connectivity index (χ0) is 22.7. The first kappa shape index (κ1) is 22.1. The number of nitrogens with zero attached hydrogens (tertiary/aromatic N) is 2. The van der Waals surface area contributed by atoms with Crippen LogP contribution in [0.2, 0.25) is 0 Å². The highest BCUT2D eigenvalue weighted by Gasteiger charge is 2.47. The van der Waals surface area contributed by atoms with Crippen LogP contribution in [0.3, 0.4) is 0 Å². The van der Waals surface area contributed by atoms with Gasteiger partial charge in [0, 0.05) is 25.6 Å². The molecule has 3 fully saturated rings. The van der Waals surface area contributed by atoms with E-state index in [1.54, 1.807) is 0 Å². The predicted octanol–water partition coefficient (Wildman–Crippen LogP) is 4.16. The number of rotatable bonds is 8. The van der Waals surface area contributed by atoms with Crippen LogP contribution in [0.4, 0.5) is 0 Å². The highest BCUT2D eigenvalue weighted by Crippen LogP contribution is 2.42. The number of benzene rings is 2. The van der Waals surface area contributed by atoms with E-state index in [0.717, 1.165) is 71.2 Å². The molecule has 2 saturated heterocycles. The van der Waals surface area contributed by atoms with Crippen molar-refractivity contribution in [3.8, 4) is 0 Å². The van der Waals surface area contributed by atoms with Crippen LogP contribution in [0.1, 0.15) is 55.7 Å². The first-order valence-electron chi connectivity index (χ1n) is 12.5. The summed E-state index contributed by atoms with van der Waals surface area (Å²) < 4.78 is 0. The SMILES string of the molecule is O=C(NC(CCN1CCC2(CC1)CCN(Cc1ccccc1)C2=O)c1ccccc1)C1CC1. The van der Waals surface area contributed by atoms with Gasteiger partial charge >= 0.3 is 0 Å². The Morgan fingerprint density at radius 2 is 1.58 bits per heavy atom. The molecule has 0 aromatic heterocycles. The number of likely N-dealkylation sites (tertiary alicyclic amines) is 2. The molecular formula is C28H35N3O2. The molecule has 2 aliphatic heterocycles. The minimum atomic E-state index is -0.162. The van der Waals surface area contributed by atoms with E-state index in [4.69, 9.17) is 0 Å². The lowest BCUT2D eigenvalue weighted by molar-refractivity contribution is -0.139. The quantitative estimate of drug-likeness (QED) is 0.664. The van der Waals surface area contributed by atoms with Gasteiger partial charge in [0.05, 0.1) is 11.5 Å². The number of carbonyl (C=O) groups excluding carboxylic acids is 2. The van der Waals surface area contributed by atoms with Crippen LogP contribution in [-0.4, -0.2) is 47.8 Å². The summed E-state index contributed by atoms with van der Waals surface area (Å²) in [5.41, 5.74) is 2.23. The Balaban J connectivity index is 1.14. The zero-order valence-electron chi connectivity index (χ0n) is 19.4. The molecule has 1 unspecified atom stereocenters. The van der Waals surface area contributed by atoms with Crippen molar-refractivity contribution in [1.82, 2.24) is 15.1 Å². The summed E-state index contributed by atoms with van der Waals surface area (Å²) in [5.74, 6) is 0.777. The lowest BCUT2D eigenvalue weighted by Gasteiger charge is -2.38. The molecule has 2 amide bonds. The topological polar surface area (TPSA) is 52.7 Å². The molecule has 0 bridgehead atoms. The number of carbonyl (C=O) groups is 2. The van der Waals surface area contributed by atoms with Crippen LogP contribution in [0.25, 0.3) is 0 Å². The Labute approximate surface area is 197 Å². The summed E-state index contributed by atoms with van der Waals surface area (Å²) >= 11 is 0. The normalized spacial score (nSPS) is 21.3. The summed E-state index contributed by atoms with van der Waals surface area (Å²) in [6.45, 7) is 4.47. The van der Waals surface area contributed by atoms with Crippen LogP contribution in [-0.2, 0) is 16.1 Å². The first-order chi connectivity index (χ1) is 16.1. The lowest BCUT2D eigenvalue weighted by atomic mass is 9.77. The molecule has 2 aromatic carbocycles. The molecule has 1 atom stereocenters. The van der Waals surface area contributed by atoms with Gasteiger partial charge < -0.3 is 15.1 Å². The predicted molar refractivity (Wildman–Crippen MR) is 129 cm³/mol. The maximum atomic E-state index is 13.3. The lowest BCUT2D eigenvalue weighted by Crippen LogP contribution is -2.45. The van der Waals surface area contributed by atoms with Crippen molar-refractivity contribution >= 4 is 11.8 Å². The minimum Gasteiger partial charge on any atom is -0.349 e. The Morgan fingerprint density at radius 1 is 0.939 bits per heavy atom. The van der Waals surface area contributed by atoms with Crippen molar-refractivity contribution in [3.05, 3.63) is 71.8 Å². The Kier molecular flexibility index (Phi) is 6.50. The third-order valence-electron chi connectivity index (χ3n) is 7.83. The molecule has 33 heavy (non-hydrogen) atoms. The molecule has 1 aliphatic carbocycles. The fourth-order valence-electron chi connectivity index (χ4n) is 5.47. The Hall–Kier alpha value is -2.66. The van der Waals surface area contributed by atoms with E-state index in [-0.39, 0.29) is 23.3 Å². The second kappa shape index (κ2) is 9.68. The van der Waals surface area contributed by atoms with E-state index in [9.17, 15) is 9.59 Å². The van der Waals surface area contributed by atoms with E-state index >= 15 is 0 Å². The Morgan fingerprint density at radius 3 is 2.24 bits per heavy atom. The molecular weight excluding hydrogens is 410 g/mol.